The Morgan fingerprint density at radius 3 is 2.69 bits per heavy atom. The number of thioether (sulfide) groups is 1. The predicted molar refractivity (Wildman–Crippen MR) is 145 cm³/mol. The number of nitrogens with zero attached hydrogens (tertiary/aromatic N) is 2. The summed E-state index contributed by atoms with van der Waals surface area (Å²) in [6.07, 6.45) is 14.2. The highest BCUT2D eigenvalue weighted by Gasteiger charge is 2.59. The Morgan fingerprint density at radius 2 is 1.91 bits per heavy atom. The van der Waals surface area contributed by atoms with Crippen LogP contribution in [-0.2, 0) is 11.8 Å². The minimum atomic E-state index is 0.120. The van der Waals surface area contributed by atoms with Crippen molar-refractivity contribution in [3.05, 3.63) is 59.8 Å². The molecule has 4 aliphatic carbocycles. The van der Waals surface area contributed by atoms with Crippen LogP contribution < -0.4 is 0 Å². The molecule has 1 aromatic carbocycles. The fraction of sp³-hybridized carbons (Fsp3) is 0.562. The Morgan fingerprint density at radius 1 is 1.09 bits per heavy atom. The van der Waals surface area contributed by atoms with Gasteiger partial charge in [-0.05, 0) is 85.2 Å². The van der Waals surface area contributed by atoms with Gasteiger partial charge in [0, 0.05) is 16.7 Å². The molecule has 35 heavy (non-hydrogen) atoms. The van der Waals surface area contributed by atoms with Crippen LogP contribution in [0.1, 0.15) is 82.0 Å². The summed E-state index contributed by atoms with van der Waals surface area (Å²) in [5, 5.41) is 11.2. The first-order valence-electron chi connectivity index (χ1n) is 13.8. The number of fused-ring (bicyclic) bond motifs is 7. The molecule has 6 rings (SSSR count). The zero-order chi connectivity index (χ0) is 24.2. The van der Waals surface area contributed by atoms with E-state index < -0.39 is 0 Å². The van der Waals surface area contributed by atoms with Gasteiger partial charge >= 0.3 is 0 Å². The van der Waals surface area contributed by atoms with Gasteiger partial charge in [0.2, 0.25) is 0 Å². The molecule has 1 heterocycles. The predicted octanol–water partition coefficient (Wildman–Crippen LogP) is 8.34. The van der Waals surface area contributed by atoms with E-state index in [9.17, 15) is 5.26 Å². The maximum absolute atomic E-state index is 10.3. The number of rotatable bonds is 4. The molecule has 2 nitrogen and oxygen atoms in total. The molecular formula is C32H38N2S. The first-order valence-corrected chi connectivity index (χ1v) is 14.8. The van der Waals surface area contributed by atoms with Gasteiger partial charge in [-0.25, -0.2) is 4.98 Å². The SMILES string of the molecule is C=CCSc1nc2c(c(-c3ccccc3)c1C#N)C[C@@H]1[C@@H]3CC[C@@H]4CCCC[C@]4(C)[C@H]3CC[C@]21C. The molecule has 0 bridgehead atoms. The molecule has 2 aromatic rings. The number of benzene rings is 1. The second-order valence-electron chi connectivity index (χ2n) is 12.1. The summed E-state index contributed by atoms with van der Waals surface area (Å²) in [7, 11) is 0. The minimum Gasteiger partial charge on any atom is -0.244 e. The van der Waals surface area contributed by atoms with Gasteiger partial charge in [0.25, 0.3) is 0 Å². The number of hydrogen-bond donors (Lipinski definition) is 0. The van der Waals surface area contributed by atoms with Crippen LogP contribution in [0.25, 0.3) is 11.1 Å². The van der Waals surface area contributed by atoms with E-state index >= 15 is 0 Å². The van der Waals surface area contributed by atoms with E-state index in [-0.39, 0.29) is 5.41 Å². The molecule has 4 aliphatic rings. The Bertz CT molecular complexity index is 1180. The first kappa shape index (κ1) is 23.4. The smallest absolute Gasteiger partial charge is 0.115 e. The van der Waals surface area contributed by atoms with Gasteiger partial charge in [-0.3, -0.25) is 0 Å². The zero-order valence-electron chi connectivity index (χ0n) is 21.4. The molecule has 1 aromatic heterocycles. The van der Waals surface area contributed by atoms with Gasteiger partial charge in [0.05, 0.1) is 11.3 Å². The van der Waals surface area contributed by atoms with Crippen molar-refractivity contribution in [3.8, 4) is 17.2 Å². The van der Waals surface area contributed by atoms with Gasteiger partial charge in [0.15, 0.2) is 0 Å². The van der Waals surface area contributed by atoms with Gasteiger partial charge in [-0.2, -0.15) is 5.26 Å². The second kappa shape index (κ2) is 8.81. The molecule has 3 fully saturated rings. The van der Waals surface area contributed by atoms with E-state index in [2.05, 4.69) is 56.8 Å². The van der Waals surface area contributed by atoms with Crippen molar-refractivity contribution in [1.29, 1.82) is 5.26 Å². The average molecular weight is 483 g/mol. The Kier molecular flexibility index (Phi) is 5.88. The van der Waals surface area contributed by atoms with E-state index in [0.717, 1.165) is 46.1 Å². The molecule has 3 heteroatoms. The summed E-state index contributed by atoms with van der Waals surface area (Å²) in [6.45, 7) is 9.09. The molecule has 3 saturated carbocycles. The lowest BCUT2D eigenvalue weighted by Crippen LogP contribution is -2.53. The lowest BCUT2D eigenvalue weighted by molar-refractivity contribution is -0.0908. The van der Waals surface area contributed by atoms with Crippen molar-refractivity contribution >= 4 is 11.8 Å². The van der Waals surface area contributed by atoms with Crippen molar-refractivity contribution in [2.24, 2.45) is 29.1 Å². The summed E-state index contributed by atoms with van der Waals surface area (Å²) in [6, 6.07) is 13.2. The molecule has 0 radical (unpaired) electrons. The molecule has 6 atom stereocenters. The van der Waals surface area contributed by atoms with E-state index in [1.165, 1.54) is 68.2 Å². The standard InChI is InChI=1S/C32H38N2S/c1-4-18-35-30-25(20-33)28(21-10-6-5-7-11-21)24-19-27-23-14-13-22-12-8-9-16-31(22,2)26(23)15-17-32(27,3)29(24)34-30/h4-7,10-11,22-23,26-27H,1,8-9,12-19H2,2-3H3/t22-,23+,26-,27+,31-,32-/m0/s1. The number of aromatic nitrogens is 1. The monoisotopic (exact) mass is 482 g/mol. The molecule has 0 aliphatic heterocycles. The van der Waals surface area contributed by atoms with Crippen molar-refractivity contribution in [1.82, 2.24) is 4.98 Å². The van der Waals surface area contributed by atoms with E-state index in [1.807, 2.05) is 6.08 Å². The molecule has 0 saturated heterocycles. The summed E-state index contributed by atoms with van der Waals surface area (Å²) in [4.78, 5) is 5.33. The van der Waals surface area contributed by atoms with Gasteiger partial charge in [0.1, 0.15) is 11.1 Å². The summed E-state index contributed by atoms with van der Waals surface area (Å²) < 4.78 is 0. The Labute approximate surface area is 215 Å². The fourth-order valence-electron chi connectivity index (χ4n) is 9.05. The summed E-state index contributed by atoms with van der Waals surface area (Å²) in [5.41, 5.74) is 6.44. The van der Waals surface area contributed by atoms with Crippen LogP contribution in [0.2, 0.25) is 0 Å². The topological polar surface area (TPSA) is 36.7 Å². The minimum absolute atomic E-state index is 0.120. The molecular weight excluding hydrogens is 444 g/mol. The van der Waals surface area contributed by atoms with Crippen molar-refractivity contribution in [2.45, 2.75) is 82.1 Å². The van der Waals surface area contributed by atoms with Crippen LogP contribution in [0, 0.1) is 40.4 Å². The zero-order valence-corrected chi connectivity index (χ0v) is 22.2. The maximum atomic E-state index is 10.3. The summed E-state index contributed by atoms with van der Waals surface area (Å²) >= 11 is 1.67. The number of nitriles is 1. The van der Waals surface area contributed by atoms with Gasteiger partial charge < -0.3 is 0 Å². The molecule has 182 valence electrons. The maximum Gasteiger partial charge on any atom is 0.115 e. The fourth-order valence-corrected chi connectivity index (χ4v) is 9.77. The molecule has 0 N–H and O–H groups in total. The van der Waals surface area contributed by atoms with Crippen LogP contribution in [-0.4, -0.2) is 10.7 Å². The normalized spacial score (nSPS) is 35.2. The third-order valence-electron chi connectivity index (χ3n) is 10.7. The van der Waals surface area contributed by atoms with Crippen molar-refractivity contribution in [3.63, 3.8) is 0 Å². The largest absolute Gasteiger partial charge is 0.244 e. The first-order chi connectivity index (χ1) is 17.0. The highest BCUT2D eigenvalue weighted by atomic mass is 32.2. The van der Waals surface area contributed by atoms with Crippen molar-refractivity contribution < 1.29 is 0 Å². The van der Waals surface area contributed by atoms with Crippen LogP contribution >= 0.6 is 11.8 Å². The summed E-state index contributed by atoms with van der Waals surface area (Å²) in [5.74, 6) is 4.02. The lowest BCUT2D eigenvalue weighted by Gasteiger charge is -2.59. The Hall–Kier alpha value is -2.05. The molecule has 0 amide bonds. The highest BCUT2D eigenvalue weighted by molar-refractivity contribution is 7.99. The number of hydrogen-bond acceptors (Lipinski definition) is 3. The lowest BCUT2D eigenvalue weighted by atomic mass is 9.45. The van der Waals surface area contributed by atoms with E-state index in [0.29, 0.717) is 11.3 Å². The van der Waals surface area contributed by atoms with E-state index in [4.69, 9.17) is 4.98 Å². The molecule has 0 unspecified atom stereocenters. The van der Waals surface area contributed by atoms with E-state index in [1.54, 1.807) is 11.8 Å². The number of pyridine rings is 1. The van der Waals surface area contributed by atoms with Crippen LogP contribution in [0.4, 0.5) is 0 Å². The quantitative estimate of drug-likeness (QED) is 0.324. The van der Waals surface area contributed by atoms with Gasteiger partial charge in [-0.15, -0.1) is 18.3 Å². The van der Waals surface area contributed by atoms with Crippen LogP contribution in [0.5, 0.6) is 0 Å². The Balaban J connectivity index is 1.48. The van der Waals surface area contributed by atoms with Crippen LogP contribution in [0.15, 0.2) is 48.0 Å². The van der Waals surface area contributed by atoms with Crippen molar-refractivity contribution in [2.75, 3.05) is 5.75 Å². The third kappa shape index (κ3) is 3.46. The second-order valence-corrected chi connectivity index (χ2v) is 13.1. The average Bonchev–Trinajstić information content (AvgIpc) is 3.18. The third-order valence-corrected chi connectivity index (χ3v) is 11.7. The highest BCUT2D eigenvalue weighted by Crippen LogP contribution is 2.66. The van der Waals surface area contributed by atoms with Gasteiger partial charge in [-0.1, -0.05) is 63.1 Å². The molecule has 0 spiro atoms. The van der Waals surface area contributed by atoms with Crippen LogP contribution in [0.3, 0.4) is 0 Å².